The largest absolute Gasteiger partial charge is 0.334 e. The third-order valence-electron chi connectivity index (χ3n) is 4.15. The maximum atomic E-state index is 12.9. The maximum Gasteiger partial charge on any atom is 0.258 e. The monoisotopic (exact) mass is 405 g/mol. The van der Waals surface area contributed by atoms with Crippen molar-refractivity contribution in [3.63, 3.8) is 0 Å². The molecule has 1 N–H and O–H groups in total. The lowest BCUT2D eigenvalue weighted by atomic mass is 9.96. The molecule has 4 aromatic rings. The molecular formula is C21H19N5O2S. The van der Waals surface area contributed by atoms with Crippen LogP contribution in [0.1, 0.15) is 37.0 Å². The average Bonchev–Trinajstić information content (AvgIpc) is 3.38. The molecule has 0 unspecified atom stereocenters. The molecule has 1 amide bonds. The Balaban J connectivity index is 1.59. The van der Waals surface area contributed by atoms with Crippen molar-refractivity contribution < 1.29 is 9.32 Å². The Bertz CT molecular complexity index is 1150. The summed E-state index contributed by atoms with van der Waals surface area (Å²) in [6, 6.07) is 12.7. The fraction of sp³-hybridized carbons (Fsp3) is 0.190. The number of rotatable bonds is 4. The standard InChI is InChI=1S/C21H19N5O2S/c1-21(2,3)19-25-18(28-26-19)14-9-5-4-8-13(14)17(27)24-20-23-16(12-29-20)15-10-6-7-11-22-15/h4-12H,1-3H3,(H,23,24,27). The van der Waals surface area contributed by atoms with Gasteiger partial charge < -0.3 is 4.52 Å². The van der Waals surface area contributed by atoms with Crippen LogP contribution in [0, 0.1) is 0 Å². The third-order valence-corrected chi connectivity index (χ3v) is 4.91. The molecule has 8 heteroatoms. The average molecular weight is 405 g/mol. The fourth-order valence-corrected chi connectivity index (χ4v) is 3.33. The maximum absolute atomic E-state index is 12.9. The number of thiazole rings is 1. The Morgan fingerprint density at radius 1 is 1.03 bits per heavy atom. The van der Waals surface area contributed by atoms with Crippen molar-refractivity contribution in [1.29, 1.82) is 0 Å². The van der Waals surface area contributed by atoms with Crippen LogP contribution in [0.4, 0.5) is 5.13 Å². The van der Waals surface area contributed by atoms with Gasteiger partial charge in [0.1, 0.15) is 5.69 Å². The van der Waals surface area contributed by atoms with Gasteiger partial charge >= 0.3 is 0 Å². The van der Waals surface area contributed by atoms with Crippen LogP contribution in [0.5, 0.6) is 0 Å². The van der Waals surface area contributed by atoms with Gasteiger partial charge in [-0.3, -0.25) is 15.1 Å². The minimum absolute atomic E-state index is 0.248. The molecular weight excluding hydrogens is 386 g/mol. The SMILES string of the molecule is CC(C)(C)c1noc(-c2ccccc2C(=O)Nc2nc(-c3ccccn3)cs2)n1. The van der Waals surface area contributed by atoms with Gasteiger partial charge in [0, 0.05) is 17.0 Å². The van der Waals surface area contributed by atoms with Crippen LogP contribution in [0.2, 0.25) is 0 Å². The molecule has 0 bridgehead atoms. The second-order valence-electron chi connectivity index (χ2n) is 7.43. The van der Waals surface area contributed by atoms with Crippen molar-refractivity contribution in [1.82, 2.24) is 20.1 Å². The van der Waals surface area contributed by atoms with E-state index in [-0.39, 0.29) is 11.3 Å². The number of amides is 1. The van der Waals surface area contributed by atoms with Gasteiger partial charge in [0.05, 0.1) is 16.8 Å². The summed E-state index contributed by atoms with van der Waals surface area (Å²) in [4.78, 5) is 26.1. The fourth-order valence-electron chi connectivity index (χ4n) is 2.63. The van der Waals surface area contributed by atoms with Crippen molar-refractivity contribution in [3.8, 4) is 22.8 Å². The van der Waals surface area contributed by atoms with E-state index in [1.54, 1.807) is 24.4 Å². The van der Waals surface area contributed by atoms with Crippen molar-refractivity contribution in [2.75, 3.05) is 5.32 Å². The zero-order valence-electron chi connectivity index (χ0n) is 16.2. The number of hydrogen-bond acceptors (Lipinski definition) is 7. The highest BCUT2D eigenvalue weighted by Gasteiger charge is 2.24. The van der Waals surface area contributed by atoms with Gasteiger partial charge in [0.15, 0.2) is 11.0 Å². The summed E-state index contributed by atoms with van der Waals surface area (Å²) in [7, 11) is 0. The third kappa shape index (κ3) is 4.07. The van der Waals surface area contributed by atoms with Crippen LogP contribution in [0.15, 0.2) is 58.6 Å². The molecule has 3 aromatic heterocycles. The highest BCUT2D eigenvalue weighted by Crippen LogP contribution is 2.28. The van der Waals surface area contributed by atoms with Crippen molar-refractivity contribution in [2.24, 2.45) is 0 Å². The van der Waals surface area contributed by atoms with E-state index in [1.807, 2.05) is 50.4 Å². The van der Waals surface area contributed by atoms with Crippen LogP contribution in [0.25, 0.3) is 22.8 Å². The number of anilines is 1. The van der Waals surface area contributed by atoms with Crippen LogP contribution in [-0.2, 0) is 5.41 Å². The molecule has 0 aliphatic rings. The van der Waals surface area contributed by atoms with Crippen molar-refractivity contribution in [2.45, 2.75) is 26.2 Å². The van der Waals surface area contributed by atoms with Gasteiger partial charge in [-0.15, -0.1) is 11.3 Å². The van der Waals surface area contributed by atoms with Crippen LogP contribution in [-0.4, -0.2) is 26.0 Å². The number of carbonyl (C=O) groups excluding carboxylic acids is 1. The van der Waals surface area contributed by atoms with E-state index in [4.69, 9.17) is 4.52 Å². The summed E-state index contributed by atoms with van der Waals surface area (Å²) < 4.78 is 5.42. The van der Waals surface area contributed by atoms with Gasteiger partial charge in [-0.25, -0.2) is 4.98 Å². The molecule has 146 valence electrons. The number of pyridine rings is 1. The Morgan fingerprint density at radius 2 is 1.83 bits per heavy atom. The van der Waals surface area contributed by atoms with Gasteiger partial charge in [-0.1, -0.05) is 44.1 Å². The first-order valence-electron chi connectivity index (χ1n) is 9.04. The van der Waals surface area contributed by atoms with E-state index in [1.165, 1.54) is 11.3 Å². The van der Waals surface area contributed by atoms with Gasteiger partial charge in [-0.2, -0.15) is 4.98 Å². The topological polar surface area (TPSA) is 93.8 Å². The van der Waals surface area contributed by atoms with E-state index in [9.17, 15) is 4.79 Å². The molecule has 0 radical (unpaired) electrons. The lowest BCUT2D eigenvalue weighted by Gasteiger charge is -2.11. The van der Waals surface area contributed by atoms with Crippen LogP contribution < -0.4 is 5.32 Å². The minimum Gasteiger partial charge on any atom is -0.334 e. The summed E-state index contributed by atoms with van der Waals surface area (Å²) in [5.41, 5.74) is 2.23. The molecule has 0 aliphatic carbocycles. The van der Waals surface area contributed by atoms with E-state index in [0.717, 1.165) is 5.69 Å². The first kappa shape index (κ1) is 18.9. The van der Waals surface area contributed by atoms with E-state index in [2.05, 4.69) is 25.4 Å². The molecule has 0 fully saturated rings. The Labute approximate surface area is 171 Å². The predicted octanol–water partition coefficient (Wildman–Crippen LogP) is 4.80. The summed E-state index contributed by atoms with van der Waals surface area (Å²) in [6.07, 6.45) is 1.71. The second-order valence-corrected chi connectivity index (χ2v) is 8.28. The molecule has 7 nitrogen and oxygen atoms in total. The number of hydrogen-bond donors (Lipinski definition) is 1. The number of nitrogens with one attached hydrogen (secondary N) is 1. The number of benzene rings is 1. The Morgan fingerprint density at radius 3 is 2.55 bits per heavy atom. The first-order valence-corrected chi connectivity index (χ1v) is 9.91. The minimum atomic E-state index is -0.293. The van der Waals surface area contributed by atoms with Crippen molar-refractivity contribution in [3.05, 3.63) is 65.4 Å². The van der Waals surface area contributed by atoms with Gasteiger partial charge in [0.25, 0.3) is 11.8 Å². The molecule has 0 atom stereocenters. The zero-order valence-corrected chi connectivity index (χ0v) is 17.0. The second kappa shape index (κ2) is 7.56. The van der Waals surface area contributed by atoms with E-state index < -0.39 is 0 Å². The predicted molar refractivity (Wildman–Crippen MR) is 112 cm³/mol. The summed E-state index contributed by atoms with van der Waals surface area (Å²) in [5.74, 6) is 0.606. The molecule has 0 aliphatic heterocycles. The Hall–Kier alpha value is -3.39. The molecule has 1 aromatic carbocycles. The van der Waals surface area contributed by atoms with Crippen LogP contribution >= 0.6 is 11.3 Å². The molecule has 29 heavy (non-hydrogen) atoms. The normalized spacial score (nSPS) is 11.4. The molecule has 0 spiro atoms. The summed E-state index contributed by atoms with van der Waals surface area (Å²) in [5, 5.41) is 9.25. The van der Waals surface area contributed by atoms with E-state index in [0.29, 0.717) is 33.7 Å². The molecule has 0 saturated carbocycles. The smallest absolute Gasteiger partial charge is 0.258 e. The molecule has 0 saturated heterocycles. The first-order chi connectivity index (χ1) is 13.9. The Kier molecular flexibility index (Phi) is 4.94. The molecule has 4 rings (SSSR count). The quantitative estimate of drug-likeness (QED) is 0.524. The lowest BCUT2D eigenvalue weighted by molar-refractivity contribution is 0.102. The van der Waals surface area contributed by atoms with Gasteiger partial charge in [0.2, 0.25) is 0 Å². The zero-order chi connectivity index (χ0) is 20.4. The summed E-state index contributed by atoms with van der Waals surface area (Å²) in [6.45, 7) is 6.01. The van der Waals surface area contributed by atoms with Gasteiger partial charge in [-0.05, 0) is 24.3 Å². The van der Waals surface area contributed by atoms with E-state index >= 15 is 0 Å². The molecule has 3 heterocycles. The summed E-state index contributed by atoms with van der Waals surface area (Å²) >= 11 is 1.34. The number of carbonyl (C=O) groups is 1. The number of nitrogens with zero attached hydrogens (tertiary/aromatic N) is 4. The highest BCUT2D eigenvalue weighted by atomic mass is 32.1. The van der Waals surface area contributed by atoms with Crippen LogP contribution in [0.3, 0.4) is 0 Å². The highest BCUT2D eigenvalue weighted by molar-refractivity contribution is 7.14. The lowest BCUT2D eigenvalue weighted by Crippen LogP contribution is -2.14. The number of aromatic nitrogens is 4. The van der Waals surface area contributed by atoms with Crippen molar-refractivity contribution >= 4 is 22.4 Å².